The Hall–Kier alpha value is -1.62. The smallest absolute Gasteiger partial charge is 0.350 e. The molecule has 0 unspecified atom stereocenters. The van der Waals surface area contributed by atoms with Gasteiger partial charge in [-0.25, -0.2) is 9.78 Å². The van der Waals surface area contributed by atoms with Crippen LogP contribution in [0.3, 0.4) is 0 Å². The van der Waals surface area contributed by atoms with Crippen LogP contribution in [0.1, 0.15) is 46.3 Å². The van der Waals surface area contributed by atoms with Crippen molar-refractivity contribution in [2.45, 2.75) is 39.0 Å². The Morgan fingerprint density at radius 1 is 1.35 bits per heavy atom. The van der Waals surface area contributed by atoms with Crippen LogP contribution < -0.4 is 5.73 Å². The van der Waals surface area contributed by atoms with Crippen LogP contribution in [0, 0.1) is 0 Å². The van der Waals surface area contributed by atoms with Crippen LogP contribution in [0.4, 0.5) is 5.69 Å². The quantitative estimate of drug-likeness (QED) is 0.863. The Morgan fingerprint density at radius 2 is 2.05 bits per heavy atom. The average molecular weight is 290 g/mol. The number of anilines is 1. The third-order valence-electron chi connectivity index (χ3n) is 3.99. The van der Waals surface area contributed by atoms with Crippen molar-refractivity contribution in [2.24, 2.45) is 0 Å². The Labute approximate surface area is 122 Å². The number of rotatable bonds is 2. The molecule has 0 bridgehead atoms. The molecule has 0 atom stereocenters. The number of pyridine rings is 1. The third kappa shape index (κ3) is 1.88. The molecule has 1 aliphatic carbocycles. The number of nitrogen functional groups attached to an aromatic ring is 1. The fourth-order valence-electron chi connectivity index (χ4n) is 3.03. The molecule has 20 heavy (non-hydrogen) atoms. The number of ether oxygens (including phenoxy) is 1. The number of hydrogen-bond donors (Lipinski definition) is 1. The van der Waals surface area contributed by atoms with E-state index in [1.54, 1.807) is 0 Å². The fourth-order valence-corrected chi connectivity index (χ4v) is 4.09. The van der Waals surface area contributed by atoms with Crippen LogP contribution in [-0.4, -0.2) is 18.1 Å². The van der Waals surface area contributed by atoms with Gasteiger partial charge in [0.25, 0.3) is 0 Å². The highest BCUT2D eigenvalue weighted by Gasteiger charge is 2.24. The molecule has 2 aromatic rings. The minimum Gasteiger partial charge on any atom is -0.465 e. The van der Waals surface area contributed by atoms with E-state index >= 15 is 0 Å². The summed E-state index contributed by atoms with van der Waals surface area (Å²) in [7, 11) is 1.38. The highest BCUT2D eigenvalue weighted by atomic mass is 32.1. The highest BCUT2D eigenvalue weighted by molar-refractivity contribution is 7.21. The molecule has 0 amide bonds. The largest absolute Gasteiger partial charge is 0.465 e. The van der Waals surface area contributed by atoms with Gasteiger partial charge in [-0.2, -0.15) is 0 Å². The van der Waals surface area contributed by atoms with E-state index in [-0.39, 0.29) is 5.97 Å². The lowest BCUT2D eigenvalue weighted by Gasteiger charge is -2.19. The van der Waals surface area contributed by atoms with Crippen LogP contribution in [0.2, 0.25) is 0 Å². The Morgan fingerprint density at radius 3 is 2.70 bits per heavy atom. The first-order valence-corrected chi connectivity index (χ1v) is 7.79. The zero-order chi connectivity index (χ0) is 14.3. The summed E-state index contributed by atoms with van der Waals surface area (Å²) in [6, 6.07) is 0. The number of esters is 1. The summed E-state index contributed by atoms with van der Waals surface area (Å²) in [4.78, 5) is 17.9. The summed E-state index contributed by atoms with van der Waals surface area (Å²) < 4.78 is 4.81. The number of carbonyl (C=O) groups excluding carboxylic acids is 1. The molecule has 106 valence electrons. The number of fused-ring (bicyclic) bond motifs is 3. The maximum Gasteiger partial charge on any atom is 0.350 e. The molecule has 0 spiro atoms. The van der Waals surface area contributed by atoms with Crippen molar-refractivity contribution >= 4 is 33.2 Å². The Balaban J connectivity index is 2.32. The van der Waals surface area contributed by atoms with Gasteiger partial charge in [0, 0.05) is 11.1 Å². The van der Waals surface area contributed by atoms with Crippen LogP contribution in [-0.2, 0) is 24.0 Å². The first-order chi connectivity index (χ1) is 9.67. The van der Waals surface area contributed by atoms with E-state index in [2.05, 4.69) is 6.92 Å². The normalized spacial score (nSPS) is 14.3. The molecule has 0 saturated heterocycles. The number of nitrogens with two attached hydrogens (primary N) is 1. The second-order valence-electron chi connectivity index (χ2n) is 5.09. The summed E-state index contributed by atoms with van der Waals surface area (Å²) in [5.41, 5.74) is 10.6. The van der Waals surface area contributed by atoms with E-state index < -0.39 is 0 Å². The molecular weight excluding hydrogens is 272 g/mol. The molecule has 0 aromatic carbocycles. The second-order valence-corrected chi connectivity index (χ2v) is 6.09. The molecule has 2 heterocycles. The monoisotopic (exact) mass is 290 g/mol. The lowest BCUT2D eigenvalue weighted by atomic mass is 9.88. The molecule has 0 radical (unpaired) electrons. The molecule has 4 nitrogen and oxygen atoms in total. The topological polar surface area (TPSA) is 65.2 Å². The Bertz CT molecular complexity index is 691. The number of thiophene rings is 1. The van der Waals surface area contributed by atoms with Crippen molar-refractivity contribution in [3.63, 3.8) is 0 Å². The van der Waals surface area contributed by atoms with Gasteiger partial charge in [-0.05, 0) is 43.2 Å². The van der Waals surface area contributed by atoms with E-state index in [0.29, 0.717) is 10.6 Å². The molecule has 2 aromatic heterocycles. The first kappa shape index (κ1) is 13.4. The van der Waals surface area contributed by atoms with Crippen molar-refractivity contribution in [2.75, 3.05) is 12.8 Å². The van der Waals surface area contributed by atoms with E-state index in [0.717, 1.165) is 35.2 Å². The summed E-state index contributed by atoms with van der Waals surface area (Å²) in [5.74, 6) is -0.367. The fraction of sp³-hybridized carbons (Fsp3) is 0.467. The van der Waals surface area contributed by atoms with Gasteiger partial charge in [-0.15, -0.1) is 11.3 Å². The number of carbonyl (C=O) groups is 1. The molecule has 0 aliphatic heterocycles. The minimum atomic E-state index is -0.367. The molecule has 0 fully saturated rings. The zero-order valence-corrected chi connectivity index (χ0v) is 12.6. The standard InChI is InChI=1S/C15H18N2O2S/c1-3-10-8-6-4-5-7-9(8)11-12(16)13(15(18)19-2)20-14(11)17-10/h3-7,16H2,1-2H3. The van der Waals surface area contributed by atoms with Crippen LogP contribution in [0.15, 0.2) is 0 Å². The molecule has 1 aliphatic rings. The van der Waals surface area contributed by atoms with Crippen LogP contribution in [0.5, 0.6) is 0 Å². The number of aryl methyl sites for hydroxylation is 2. The second kappa shape index (κ2) is 5.05. The van der Waals surface area contributed by atoms with E-state index in [1.165, 1.54) is 42.4 Å². The first-order valence-electron chi connectivity index (χ1n) is 6.98. The zero-order valence-electron chi connectivity index (χ0n) is 11.8. The SMILES string of the molecule is CCc1nc2sc(C(=O)OC)c(N)c2c2c1CCCC2. The van der Waals surface area contributed by atoms with Gasteiger partial charge in [0.05, 0.1) is 12.8 Å². The predicted molar refractivity (Wildman–Crippen MR) is 81.4 cm³/mol. The van der Waals surface area contributed by atoms with Crippen molar-refractivity contribution in [1.29, 1.82) is 0 Å². The van der Waals surface area contributed by atoms with Gasteiger partial charge in [0.1, 0.15) is 9.71 Å². The number of methoxy groups -OCH3 is 1. The maximum atomic E-state index is 11.8. The summed E-state index contributed by atoms with van der Waals surface area (Å²) >= 11 is 1.35. The van der Waals surface area contributed by atoms with Gasteiger partial charge in [-0.3, -0.25) is 0 Å². The molecule has 2 N–H and O–H groups in total. The Kier molecular flexibility index (Phi) is 3.38. The van der Waals surface area contributed by atoms with Gasteiger partial charge in [0.15, 0.2) is 0 Å². The molecular formula is C15H18N2O2S. The number of hydrogen-bond acceptors (Lipinski definition) is 5. The number of aromatic nitrogens is 1. The van der Waals surface area contributed by atoms with Gasteiger partial charge >= 0.3 is 5.97 Å². The van der Waals surface area contributed by atoms with Crippen LogP contribution >= 0.6 is 11.3 Å². The lowest BCUT2D eigenvalue weighted by molar-refractivity contribution is 0.0607. The minimum absolute atomic E-state index is 0.367. The lowest BCUT2D eigenvalue weighted by Crippen LogP contribution is -2.09. The maximum absolute atomic E-state index is 11.8. The van der Waals surface area contributed by atoms with E-state index in [4.69, 9.17) is 15.5 Å². The number of nitrogens with zero attached hydrogens (tertiary/aromatic N) is 1. The highest BCUT2D eigenvalue weighted by Crippen LogP contribution is 2.40. The molecule has 5 heteroatoms. The summed E-state index contributed by atoms with van der Waals surface area (Å²) in [5, 5.41) is 0.988. The van der Waals surface area contributed by atoms with Gasteiger partial charge in [-0.1, -0.05) is 6.92 Å². The van der Waals surface area contributed by atoms with Crippen molar-refractivity contribution < 1.29 is 9.53 Å². The summed E-state index contributed by atoms with van der Waals surface area (Å²) in [6.45, 7) is 2.13. The van der Waals surface area contributed by atoms with Crippen molar-refractivity contribution in [3.8, 4) is 0 Å². The van der Waals surface area contributed by atoms with Crippen LogP contribution in [0.25, 0.3) is 10.2 Å². The van der Waals surface area contributed by atoms with Gasteiger partial charge in [0.2, 0.25) is 0 Å². The average Bonchev–Trinajstić information content (AvgIpc) is 2.82. The van der Waals surface area contributed by atoms with Crippen molar-refractivity contribution in [1.82, 2.24) is 4.98 Å². The van der Waals surface area contributed by atoms with E-state index in [1.807, 2.05) is 0 Å². The molecule has 3 rings (SSSR count). The van der Waals surface area contributed by atoms with Gasteiger partial charge < -0.3 is 10.5 Å². The van der Waals surface area contributed by atoms with Crippen molar-refractivity contribution in [3.05, 3.63) is 21.7 Å². The van der Waals surface area contributed by atoms with E-state index in [9.17, 15) is 4.79 Å². The predicted octanol–water partition coefficient (Wildman–Crippen LogP) is 3.11. The molecule has 0 saturated carbocycles. The third-order valence-corrected chi connectivity index (χ3v) is 5.07. The summed E-state index contributed by atoms with van der Waals surface area (Å²) in [6.07, 6.45) is 5.41.